The molecule has 1 aliphatic rings. The number of carbonyl (C=O) groups excluding carboxylic acids is 1. The van der Waals surface area contributed by atoms with Crippen LogP contribution in [-0.4, -0.2) is 20.5 Å². The Kier molecular flexibility index (Phi) is 4.70. The smallest absolute Gasteiger partial charge is 0.338 e. The van der Waals surface area contributed by atoms with Crippen molar-refractivity contribution >= 4 is 25.7 Å². The van der Waals surface area contributed by atoms with Gasteiger partial charge < -0.3 is 4.74 Å². The van der Waals surface area contributed by atoms with E-state index in [1.807, 2.05) is 0 Å². The molecule has 6 heteroatoms. The SMILES string of the molecule is CC1CCCCC1OC(=O)c1cccc(S(=O)(=O)Cl)c1. The molecule has 1 saturated carbocycles. The van der Waals surface area contributed by atoms with Gasteiger partial charge in [0.25, 0.3) is 9.05 Å². The standard InChI is InChI=1S/C14H17ClO4S/c1-10-5-2-3-8-13(10)19-14(16)11-6-4-7-12(9-11)20(15,17)18/h4,6-7,9-10,13H,2-3,5,8H2,1H3. The first-order valence-electron chi connectivity index (χ1n) is 6.63. The van der Waals surface area contributed by atoms with Crippen LogP contribution in [0.3, 0.4) is 0 Å². The second-order valence-electron chi connectivity index (χ2n) is 5.17. The van der Waals surface area contributed by atoms with Crippen LogP contribution >= 0.6 is 10.7 Å². The monoisotopic (exact) mass is 316 g/mol. The Hall–Kier alpha value is -1.07. The molecule has 1 fully saturated rings. The van der Waals surface area contributed by atoms with Crippen LogP contribution in [0.2, 0.25) is 0 Å². The molecule has 0 aliphatic heterocycles. The molecule has 0 heterocycles. The second kappa shape index (κ2) is 6.14. The Morgan fingerprint density at radius 1 is 1.30 bits per heavy atom. The number of benzene rings is 1. The van der Waals surface area contributed by atoms with Gasteiger partial charge in [-0.05, 0) is 43.4 Å². The maximum Gasteiger partial charge on any atom is 0.338 e. The van der Waals surface area contributed by atoms with Gasteiger partial charge >= 0.3 is 5.97 Å². The lowest BCUT2D eigenvalue weighted by molar-refractivity contribution is 0.00479. The van der Waals surface area contributed by atoms with Gasteiger partial charge in [-0.1, -0.05) is 19.4 Å². The van der Waals surface area contributed by atoms with E-state index >= 15 is 0 Å². The van der Waals surface area contributed by atoms with Crippen molar-refractivity contribution in [1.82, 2.24) is 0 Å². The van der Waals surface area contributed by atoms with Gasteiger partial charge in [-0.25, -0.2) is 13.2 Å². The van der Waals surface area contributed by atoms with Crippen molar-refractivity contribution in [3.8, 4) is 0 Å². The van der Waals surface area contributed by atoms with Crippen molar-refractivity contribution in [3.05, 3.63) is 29.8 Å². The fraction of sp³-hybridized carbons (Fsp3) is 0.500. The summed E-state index contributed by atoms with van der Waals surface area (Å²) in [5.41, 5.74) is 0.212. The number of rotatable bonds is 3. The Morgan fingerprint density at radius 2 is 2.00 bits per heavy atom. The van der Waals surface area contributed by atoms with E-state index in [4.69, 9.17) is 15.4 Å². The molecule has 2 atom stereocenters. The predicted octanol–water partition coefficient (Wildman–Crippen LogP) is 3.35. The Morgan fingerprint density at radius 3 is 2.65 bits per heavy atom. The molecule has 0 amide bonds. The van der Waals surface area contributed by atoms with E-state index in [0.717, 1.165) is 25.7 Å². The zero-order chi connectivity index (χ0) is 14.8. The van der Waals surface area contributed by atoms with Crippen LogP contribution < -0.4 is 0 Å². The topological polar surface area (TPSA) is 60.4 Å². The van der Waals surface area contributed by atoms with E-state index in [2.05, 4.69) is 6.92 Å². The van der Waals surface area contributed by atoms with Crippen LogP contribution in [0.25, 0.3) is 0 Å². The molecule has 4 nitrogen and oxygen atoms in total. The molecule has 1 aromatic rings. The van der Waals surface area contributed by atoms with E-state index in [1.54, 1.807) is 0 Å². The highest BCUT2D eigenvalue weighted by Gasteiger charge is 2.25. The van der Waals surface area contributed by atoms with Gasteiger partial charge in [-0.3, -0.25) is 0 Å². The lowest BCUT2D eigenvalue weighted by Gasteiger charge is -2.28. The maximum absolute atomic E-state index is 12.1. The molecule has 0 bridgehead atoms. The highest BCUT2D eigenvalue weighted by molar-refractivity contribution is 8.13. The van der Waals surface area contributed by atoms with Crippen molar-refractivity contribution in [2.75, 3.05) is 0 Å². The van der Waals surface area contributed by atoms with Gasteiger partial charge in [0.15, 0.2) is 0 Å². The van der Waals surface area contributed by atoms with Gasteiger partial charge in [0, 0.05) is 10.7 Å². The first-order valence-corrected chi connectivity index (χ1v) is 8.94. The Labute approximate surface area is 123 Å². The highest BCUT2D eigenvalue weighted by atomic mass is 35.7. The minimum Gasteiger partial charge on any atom is -0.459 e. The number of hydrogen-bond donors (Lipinski definition) is 0. The fourth-order valence-corrected chi connectivity index (χ4v) is 3.23. The van der Waals surface area contributed by atoms with Crippen molar-refractivity contribution < 1.29 is 17.9 Å². The van der Waals surface area contributed by atoms with Crippen LogP contribution in [0.5, 0.6) is 0 Å². The van der Waals surface area contributed by atoms with Crippen molar-refractivity contribution in [1.29, 1.82) is 0 Å². The summed E-state index contributed by atoms with van der Waals surface area (Å²) in [6.07, 6.45) is 4.04. The third kappa shape index (κ3) is 3.73. The summed E-state index contributed by atoms with van der Waals surface area (Å²) in [5, 5.41) is 0. The largest absolute Gasteiger partial charge is 0.459 e. The second-order valence-corrected chi connectivity index (χ2v) is 7.74. The first kappa shape index (κ1) is 15.3. The zero-order valence-corrected chi connectivity index (χ0v) is 12.8. The average Bonchev–Trinajstić information content (AvgIpc) is 2.40. The molecule has 0 radical (unpaired) electrons. The molecule has 2 unspecified atom stereocenters. The minimum atomic E-state index is -3.84. The van der Waals surface area contributed by atoms with E-state index in [-0.39, 0.29) is 16.6 Å². The predicted molar refractivity (Wildman–Crippen MR) is 76.3 cm³/mol. The third-order valence-electron chi connectivity index (χ3n) is 3.64. The molecule has 0 N–H and O–H groups in total. The number of carbonyl (C=O) groups is 1. The number of ether oxygens (including phenoxy) is 1. The Bertz CT molecular complexity index is 597. The van der Waals surface area contributed by atoms with E-state index in [1.165, 1.54) is 24.3 Å². The lowest BCUT2D eigenvalue weighted by atomic mass is 9.88. The summed E-state index contributed by atoms with van der Waals surface area (Å²) in [6.45, 7) is 2.07. The van der Waals surface area contributed by atoms with Crippen LogP contribution in [0, 0.1) is 5.92 Å². The van der Waals surface area contributed by atoms with Gasteiger partial charge in [-0.15, -0.1) is 0 Å². The minimum absolute atomic E-state index is 0.0903. The number of halogens is 1. The molecular weight excluding hydrogens is 300 g/mol. The van der Waals surface area contributed by atoms with Crippen molar-refractivity contribution in [2.45, 2.75) is 43.6 Å². The summed E-state index contributed by atoms with van der Waals surface area (Å²) in [5.74, 6) is -0.154. The summed E-state index contributed by atoms with van der Waals surface area (Å²) in [7, 11) is 1.43. The number of hydrogen-bond acceptors (Lipinski definition) is 4. The molecule has 1 aromatic carbocycles. The highest BCUT2D eigenvalue weighted by Crippen LogP contribution is 2.27. The normalized spacial score (nSPS) is 23.3. The van der Waals surface area contributed by atoms with E-state index in [9.17, 15) is 13.2 Å². The van der Waals surface area contributed by atoms with Gasteiger partial charge in [0.1, 0.15) is 6.10 Å². The van der Waals surface area contributed by atoms with Crippen LogP contribution in [-0.2, 0) is 13.8 Å². The molecular formula is C14H17ClO4S. The Balaban J connectivity index is 2.13. The summed E-state index contributed by atoms with van der Waals surface area (Å²) >= 11 is 0. The molecule has 20 heavy (non-hydrogen) atoms. The quantitative estimate of drug-likeness (QED) is 0.634. The zero-order valence-electron chi connectivity index (χ0n) is 11.2. The van der Waals surface area contributed by atoms with Crippen molar-refractivity contribution in [3.63, 3.8) is 0 Å². The van der Waals surface area contributed by atoms with E-state index < -0.39 is 15.0 Å². The summed E-state index contributed by atoms with van der Waals surface area (Å²) in [4.78, 5) is 12.0. The lowest BCUT2D eigenvalue weighted by Crippen LogP contribution is -2.28. The fourth-order valence-electron chi connectivity index (χ4n) is 2.44. The molecule has 110 valence electrons. The van der Waals surface area contributed by atoms with Gasteiger partial charge in [-0.2, -0.15) is 0 Å². The van der Waals surface area contributed by atoms with Crippen LogP contribution in [0.1, 0.15) is 43.0 Å². The van der Waals surface area contributed by atoms with Gasteiger partial charge in [0.05, 0.1) is 10.5 Å². The molecule has 1 aliphatic carbocycles. The average molecular weight is 317 g/mol. The van der Waals surface area contributed by atoms with E-state index in [0.29, 0.717) is 5.92 Å². The van der Waals surface area contributed by atoms with Gasteiger partial charge in [0.2, 0.25) is 0 Å². The molecule has 2 rings (SSSR count). The third-order valence-corrected chi connectivity index (χ3v) is 4.99. The molecule has 0 saturated heterocycles. The van der Waals surface area contributed by atoms with Crippen LogP contribution in [0.4, 0.5) is 0 Å². The summed E-state index contributed by atoms with van der Waals surface area (Å²) < 4.78 is 28.0. The van der Waals surface area contributed by atoms with Crippen molar-refractivity contribution in [2.24, 2.45) is 5.92 Å². The molecule has 0 spiro atoms. The first-order chi connectivity index (χ1) is 9.38. The number of esters is 1. The molecule has 0 aromatic heterocycles. The summed E-state index contributed by atoms with van der Waals surface area (Å²) in [6, 6.07) is 5.61. The van der Waals surface area contributed by atoms with Crippen LogP contribution in [0.15, 0.2) is 29.2 Å². The maximum atomic E-state index is 12.1.